The number of amides is 1. The molecule has 0 radical (unpaired) electrons. The Labute approximate surface area is 275 Å². The van der Waals surface area contributed by atoms with E-state index in [1.807, 2.05) is 42.5 Å². The van der Waals surface area contributed by atoms with Gasteiger partial charge < -0.3 is 18.9 Å². The fourth-order valence-electron chi connectivity index (χ4n) is 5.79. The highest BCUT2D eigenvalue weighted by atomic mass is 35.5. The number of fused-ring (bicyclic) bond motifs is 2. The molecule has 10 heteroatoms. The van der Waals surface area contributed by atoms with Gasteiger partial charge in [-0.3, -0.25) is 9.80 Å². The van der Waals surface area contributed by atoms with E-state index in [1.165, 1.54) is 12.0 Å². The van der Waals surface area contributed by atoms with Crippen LogP contribution in [0.15, 0.2) is 54.6 Å². The van der Waals surface area contributed by atoms with Gasteiger partial charge in [0.25, 0.3) is 0 Å². The van der Waals surface area contributed by atoms with Crippen molar-refractivity contribution in [2.75, 3.05) is 20.7 Å². The molecule has 0 bridgehead atoms. The van der Waals surface area contributed by atoms with Crippen LogP contribution in [-0.2, 0) is 33.8 Å². The molecule has 5 rings (SSSR count). The summed E-state index contributed by atoms with van der Waals surface area (Å²) in [5, 5.41) is 1.02. The largest absolute Gasteiger partial charge is 0.486 e. The van der Waals surface area contributed by atoms with Crippen LogP contribution in [0, 0.1) is 0 Å². The molecular formula is C35H40Cl2N2O6. The molecule has 3 aromatic rings. The smallest absolute Gasteiger partial charge is 0.411 e. The van der Waals surface area contributed by atoms with Gasteiger partial charge in [-0.05, 0) is 86.8 Å². The summed E-state index contributed by atoms with van der Waals surface area (Å²) in [6.07, 6.45) is 0.160. The molecule has 0 aliphatic carbocycles. The van der Waals surface area contributed by atoms with Gasteiger partial charge in [0, 0.05) is 25.1 Å². The number of nitrogens with zero attached hydrogens (tertiary/aromatic N) is 2. The molecule has 2 heterocycles. The molecule has 1 amide bonds. The predicted molar refractivity (Wildman–Crippen MR) is 174 cm³/mol. The number of methoxy groups -OCH3 is 1. The Morgan fingerprint density at radius 3 is 2.36 bits per heavy atom. The van der Waals surface area contributed by atoms with Gasteiger partial charge in [0.15, 0.2) is 0 Å². The Morgan fingerprint density at radius 1 is 0.978 bits per heavy atom. The maximum atomic E-state index is 13.1. The Bertz CT molecular complexity index is 1550. The van der Waals surface area contributed by atoms with E-state index >= 15 is 0 Å². The number of benzene rings is 3. The zero-order chi connectivity index (χ0) is 32.5. The number of esters is 1. The van der Waals surface area contributed by atoms with E-state index in [-0.39, 0.29) is 18.8 Å². The van der Waals surface area contributed by atoms with Crippen molar-refractivity contribution in [2.24, 2.45) is 0 Å². The Hall–Kier alpha value is -3.46. The van der Waals surface area contributed by atoms with Gasteiger partial charge in [0.05, 0.1) is 23.7 Å². The van der Waals surface area contributed by atoms with E-state index in [4.69, 9.17) is 42.1 Å². The third kappa shape index (κ3) is 7.68. The van der Waals surface area contributed by atoms with Crippen molar-refractivity contribution >= 4 is 35.3 Å². The maximum absolute atomic E-state index is 13.1. The normalized spacial score (nSPS) is 19.0. The van der Waals surface area contributed by atoms with E-state index in [0.717, 1.165) is 45.7 Å². The topological polar surface area (TPSA) is 77.5 Å². The molecule has 3 atom stereocenters. The third-order valence-electron chi connectivity index (χ3n) is 8.02. The summed E-state index contributed by atoms with van der Waals surface area (Å²) in [5.74, 6) is 1.04. The van der Waals surface area contributed by atoms with E-state index in [9.17, 15) is 9.59 Å². The lowest BCUT2D eigenvalue weighted by atomic mass is 9.92. The highest BCUT2D eigenvalue weighted by Gasteiger charge is 2.38. The molecule has 0 N–H and O–H groups in total. The number of rotatable bonds is 6. The number of carbonyl (C=O) groups is 2. The van der Waals surface area contributed by atoms with Crippen LogP contribution in [0.5, 0.6) is 11.5 Å². The lowest BCUT2D eigenvalue weighted by Crippen LogP contribution is -2.50. The van der Waals surface area contributed by atoms with Crippen LogP contribution in [0.1, 0.15) is 74.1 Å². The molecule has 0 aromatic heterocycles. The summed E-state index contributed by atoms with van der Waals surface area (Å²) < 4.78 is 23.7. The van der Waals surface area contributed by atoms with Crippen molar-refractivity contribution in [1.29, 1.82) is 0 Å². The molecular weight excluding hydrogens is 615 g/mol. The van der Waals surface area contributed by atoms with Crippen molar-refractivity contribution in [3.63, 3.8) is 0 Å². The van der Waals surface area contributed by atoms with E-state index in [2.05, 4.69) is 24.9 Å². The molecule has 2 aliphatic heterocycles. The molecule has 240 valence electrons. The van der Waals surface area contributed by atoms with Gasteiger partial charge in [0.2, 0.25) is 0 Å². The van der Waals surface area contributed by atoms with Crippen LogP contribution in [0.3, 0.4) is 0 Å². The van der Waals surface area contributed by atoms with Crippen LogP contribution >= 0.6 is 23.2 Å². The van der Waals surface area contributed by atoms with Crippen LogP contribution in [0.25, 0.3) is 0 Å². The molecule has 0 fully saturated rings. The zero-order valence-electron chi connectivity index (χ0n) is 26.6. The Morgan fingerprint density at radius 2 is 1.71 bits per heavy atom. The third-order valence-corrected chi connectivity index (χ3v) is 8.76. The highest BCUT2D eigenvalue weighted by Crippen LogP contribution is 2.37. The number of hydrogen-bond acceptors (Lipinski definition) is 7. The summed E-state index contributed by atoms with van der Waals surface area (Å²) >= 11 is 12.4. The predicted octanol–water partition coefficient (Wildman–Crippen LogP) is 7.92. The van der Waals surface area contributed by atoms with Crippen molar-refractivity contribution < 1.29 is 28.5 Å². The molecule has 0 saturated carbocycles. The number of halogens is 2. The van der Waals surface area contributed by atoms with E-state index < -0.39 is 23.7 Å². The van der Waals surface area contributed by atoms with Gasteiger partial charge >= 0.3 is 12.1 Å². The first kappa shape index (κ1) is 32.9. The maximum Gasteiger partial charge on any atom is 0.411 e. The Balaban J connectivity index is 1.36. The van der Waals surface area contributed by atoms with Crippen LogP contribution in [0.2, 0.25) is 10.0 Å². The second-order valence-electron chi connectivity index (χ2n) is 12.6. The minimum absolute atomic E-state index is 0.164. The molecule has 2 aliphatic rings. The number of ether oxygens (including phenoxy) is 4. The first-order valence-electron chi connectivity index (χ1n) is 15.1. The summed E-state index contributed by atoms with van der Waals surface area (Å²) in [6.45, 7) is 9.04. The van der Waals surface area contributed by atoms with Crippen molar-refractivity contribution in [1.82, 2.24) is 9.80 Å². The van der Waals surface area contributed by atoms with Gasteiger partial charge in [0.1, 0.15) is 35.3 Å². The number of likely N-dealkylation sites (N-methyl/N-ethyl adjacent to an activating group) is 1. The van der Waals surface area contributed by atoms with Crippen LogP contribution in [-0.4, -0.2) is 54.2 Å². The molecule has 45 heavy (non-hydrogen) atoms. The highest BCUT2D eigenvalue weighted by molar-refractivity contribution is 6.42. The quantitative estimate of drug-likeness (QED) is 0.250. The number of carbonyl (C=O) groups excluding carboxylic acids is 2. The minimum atomic E-state index is -0.766. The molecule has 0 unspecified atom stereocenters. The van der Waals surface area contributed by atoms with Gasteiger partial charge in [-0.2, -0.15) is 0 Å². The van der Waals surface area contributed by atoms with Crippen LogP contribution in [0.4, 0.5) is 4.79 Å². The minimum Gasteiger partial charge on any atom is -0.486 e. The summed E-state index contributed by atoms with van der Waals surface area (Å²) in [7, 11) is 3.40. The second-order valence-corrected chi connectivity index (χ2v) is 13.5. The first-order valence-corrected chi connectivity index (χ1v) is 15.9. The second kappa shape index (κ2) is 13.5. The molecule has 0 spiro atoms. The van der Waals surface area contributed by atoms with Crippen molar-refractivity contribution in [3.8, 4) is 11.5 Å². The van der Waals surface area contributed by atoms with Gasteiger partial charge in [-0.25, -0.2) is 9.59 Å². The average molecular weight is 656 g/mol. The zero-order valence-corrected chi connectivity index (χ0v) is 28.1. The van der Waals surface area contributed by atoms with Crippen LogP contribution < -0.4 is 9.47 Å². The summed E-state index contributed by atoms with van der Waals surface area (Å²) in [6, 6.07) is 16.9. The number of hydrogen-bond donors (Lipinski definition) is 0. The molecule has 0 saturated heterocycles. The average Bonchev–Trinajstić information content (AvgIpc) is 3.15. The monoisotopic (exact) mass is 654 g/mol. The fraction of sp³-hybridized carbons (Fsp3) is 0.429. The summed E-state index contributed by atoms with van der Waals surface area (Å²) in [4.78, 5) is 29.5. The van der Waals surface area contributed by atoms with E-state index in [1.54, 1.807) is 26.8 Å². The SMILES string of the molecule is CC[C@H](Oc1ccc([C@H]2CN(C)Cc3cc4c(cc3O2)CN(C(=O)OC(C)(C)C)[C@H](C(=O)OC)C4)cc1)c1ccc(Cl)c(Cl)c1. The van der Waals surface area contributed by atoms with Gasteiger partial charge in [-0.1, -0.05) is 54.4 Å². The lowest BCUT2D eigenvalue weighted by molar-refractivity contribution is -0.147. The van der Waals surface area contributed by atoms with Gasteiger partial charge in [-0.15, -0.1) is 0 Å². The van der Waals surface area contributed by atoms with Crippen molar-refractivity contribution in [2.45, 2.75) is 77.5 Å². The first-order chi connectivity index (χ1) is 21.3. The molecule has 8 nitrogen and oxygen atoms in total. The molecule has 3 aromatic carbocycles. The van der Waals surface area contributed by atoms with Crippen molar-refractivity contribution in [3.05, 3.63) is 92.5 Å². The fourth-order valence-corrected chi connectivity index (χ4v) is 6.09. The van der Waals surface area contributed by atoms with E-state index in [0.29, 0.717) is 29.6 Å². The standard InChI is InChI=1S/C35H40Cl2N2O6/c1-7-30(22-10-13-27(36)28(37)15-22)43-26-11-8-21(9-12-26)32-20-38(5)18-25-14-23-16-29(33(40)42-6)39(34(41)45-35(2,3)4)19-24(23)17-31(25)44-32/h8-15,17,29-30,32H,7,16,18-20H2,1-6H3/t29-,30-,32+/m0/s1. The summed E-state index contributed by atoms with van der Waals surface area (Å²) in [5.41, 5.74) is 4.22. The lowest BCUT2D eigenvalue weighted by Gasteiger charge is -2.36. The Kier molecular flexibility index (Phi) is 9.87.